The van der Waals surface area contributed by atoms with Gasteiger partial charge in [-0.2, -0.15) is 13.2 Å². The summed E-state index contributed by atoms with van der Waals surface area (Å²) < 4.78 is 39.2. The third-order valence-electron chi connectivity index (χ3n) is 3.92. The van der Waals surface area contributed by atoms with Crippen LogP contribution in [0.2, 0.25) is 5.02 Å². The van der Waals surface area contributed by atoms with Gasteiger partial charge in [0.1, 0.15) is 0 Å². The Labute approximate surface area is 133 Å². The molecule has 0 aromatic heterocycles. The fourth-order valence-electron chi connectivity index (χ4n) is 2.80. The van der Waals surface area contributed by atoms with Crippen LogP contribution in [0.5, 0.6) is 0 Å². The quantitative estimate of drug-likeness (QED) is 0.810. The normalized spacial score (nSPS) is 18.2. The topological polar surface area (TPSA) is 15.3 Å². The van der Waals surface area contributed by atoms with Crippen molar-refractivity contribution in [3.05, 3.63) is 47.0 Å². The number of hydrogen-bond acceptors (Lipinski definition) is 2. The van der Waals surface area contributed by atoms with Crippen LogP contribution < -0.4 is 5.32 Å². The van der Waals surface area contributed by atoms with Crippen LogP contribution in [0.25, 0.3) is 0 Å². The van der Waals surface area contributed by atoms with Crippen LogP contribution in [0.3, 0.4) is 0 Å². The zero-order valence-electron chi connectivity index (χ0n) is 12.3. The molecule has 0 unspecified atom stereocenters. The van der Waals surface area contributed by atoms with E-state index >= 15 is 0 Å². The molecule has 0 radical (unpaired) electrons. The Morgan fingerprint density at radius 2 is 2.00 bits per heavy atom. The van der Waals surface area contributed by atoms with Crippen molar-refractivity contribution in [2.24, 2.45) is 0 Å². The summed E-state index contributed by atoms with van der Waals surface area (Å²) in [5, 5.41) is 3.01. The molecule has 1 heterocycles. The number of nitrogens with zero attached hydrogens (tertiary/aromatic N) is 1. The number of halogens is 4. The van der Waals surface area contributed by atoms with Gasteiger partial charge in [-0.15, -0.1) is 6.58 Å². The third-order valence-corrected chi connectivity index (χ3v) is 4.25. The van der Waals surface area contributed by atoms with E-state index in [4.69, 9.17) is 11.6 Å². The molecule has 0 saturated carbocycles. The van der Waals surface area contributed by atoms with E-state index < -0.39 is 11.7 Å². The average Bonchev–Trinajstić information content (AvgIpc) is 2.49. The first-order chi connectivity index (χ1) is 10.4. The standard InChI is InChI=1S/C16H20ClF3N2/c1-2-3-4-15(22-9-7-21-8-10-22)12-5-6-14(17)13(11-12)16(18,19)20/h2,5-6,11,15,21H,1,3-4,7-10H2/t15-/m1/s1. The van der Waals surface area contributed by atoms with Crippen LogP contribution in [0, 0.1) is 0 Å². The van der Waals surface area contributed by atoms with E-state index in [1.807, 2.05) is 0 Å². The summed E-state index contributed by atoms with van der Waals surface area (Å²) in [6.45, 7) is 7.06. The maximum atomic E-state index is 13.1. The number of piperazine rings is 1. The molecule has 1 atom stereocenters. The van der Waals surface area contributed by atoms with Crippen molar-refractivity contribution in [1.82, 2.24) is 10.2 Å². The second kappa shape index (κ2) is 7.49. The Bertz CT molecular complexity index is 511. The number of benzene rings is 1. The molecule has 1 aromatic carbocycles. The van der Waals surface area contributed by atoms with Gasteiger partial charge in [-0.05, 0) is 30.5 Å². The Morgan fingerprint density at radius 3 is 2.59 bits per heavy atom. The van der Waals surface area contributed by atoms with Crippen molar-refractivity contribution < 1.29 is 13.2 Å². The molecule has 0 spiro atoms. The minimum atomic E-state index is -4.43. The molecule has 22 heavy (non-hydrogen) atoms. The first kappa shape index (κ1) is 17.3. The van der Waals surface area contributed by atoms with Gasteiger partial charge in [-0.25, -0.2) is 0 Å². The zero-order valence-corrected chi connectivity index (χ0v) is 13.1. The third kappa shape index (κ3) is 4.24. The molecular weight excluding hydrogens is 313 g/mol. The Balaban J connectivity index is 2.31. The predicted molar refractivity (Wildman–Crippen MR) is 83.1 cm³/mol. The van der Waals surface area contributed by atoms with Crippen molar-refractivity contribution in [1.29, 1.82) is 0 Å². The minimum Gasteiger partial charge on any atom is -0.314 e. The van der Waals surface area contributed by atoms with Gasteiger partial charge in [0.2, 0.25) is 0 Å². The van der Waals surface area contributed by atoms with Crippen LogP contribution in [0.4, 0.5) is 13.2 Å². The van der Waals surface area contributed by atoms with E-state index in [1.165, 1.54) is 12.1 Å². The van der Waals surface area contributed by atoms with Gasteiger partial charge in [-0.3, -0.25) is 4.90 Å². The predicted octanol–water partition coefficient (Wildman–Crippen LogP) is 4.27. The number of rotatable bonds is 5. The highest BCUT2D eigenvalue weighted by molar-refractivity contribution is 6.31. The van der Waals surface area contributed by atoms with Gasteiger partial charge in [0.25, 0.3) is 0 Å². The summed E-state index contributed by atoms with van der Waals surface area (Å²) in [4.78, 5) is 2.23. The zero-order chi connectivity index (χ0) is 16.2. The number of hydrogen-bond donors (Lipinski definition) is 1. The summed E-state index contributed by atoms with van der Waals surface area (Å²) in [6.07, 6.45) is -1.11. The number of nitrogens with one attached hydrogen (secondary N) is 1. The van der Waals surface area contributed by atoms with Crippen molar-refractivity contribution in [3.63, 3.8) is 0 Å². The van der Waals surface area contributed by atoms with E-state index in [1.54, 1.807) is 12.1 Å². The first-order valence-electron chi connectivity index (χ1n) is 7.36. The highest BCUT2D eigenvalue weighted by atomic mass is 35.5. The van der Waals surface area contributed by atoms with Gasteiger partial charge in [0, 0.05) is 32.2 Å². The van der Waals surface area contributed by atoms with Crippen molar-refractivity contribution in [3.8, 4) is 0 Å². The maximum absolute atomic E-state index is 13.1. The molecule has 1 N–H and O–H groups in total. The van der Waals surface area contributed by atoms with Gasteiger partial charge < -0.3 is 5.32 Å². The lowest BCUT2D eigenvalue weighted by molar-refractivity contribution is -0.137. The monoisotopic (exact) mass is 332 g/mol. The Hall–Kier alpha value is -1.04. The van der Waals surface area contributed by atoms with Crippen molar-refractivity contribution in [2.45, 2.75) is 25.1 Å². The molecular formula is C16H20ClF3N2. The van der Waals surface area contributed by atoms with E-state index in [0.717, 1.165) is 39.0 Å². The molecule has 1 saturated heterocycles. The molecule has 0 aliphatic carbocycles. The molecule has 1 aromatic rings. The van der Waals surface area contributed by atoms with Gasteiger partial charge in [0.15, 0.2) is 0 Å². The lowest BCUT2D eigenvalue weighted by Crippen LogP contribution is -2.45. The molecule has 6 heteroatoms. The summed E-state index contributed by atoms with van der Waals surface area (Å²) in [5.41, 5.74) is -0.0918. The van der Waals surface area contributed by atoms with Crippen molar-refractivity contribution in [2.75, 3.05) is 26.2 Å². The molecule has 2 rings (SSSR count). The fourth-order valence-corrected chi connectivity index (χ4v) is 3.02. The molecule has 1 aliphatic rings. The lowest BCUT2D eigenvalue weighted by Gasteiger charge is -2.35. The second-order valence-corrected chi connectivity index (χ2v) is 5.81. The fraction of sp³-hybridized carbons (Fsp3) is 0.500. The smallest absolute Gasteiger partial charge is 0.314 e. The van der Waals surface area contributed by atoms with Crippen molar-refractivity contribution >= 4 is 11.6 Å². The highest BCUT2D eigenvalue weighted by Crippen LogP contribution is 2.37. The van der Waals surface area contributed by atoms with Crippen LogP contribution in [0.15, 0.2) is 30.9 Å². The van der Waals surface area contributed by atoms with Crippen LogP contribution in [0.1, 0.15) is 30.0 Å². The number of allylic oxidation sites excluding steroid dienone is 1. The number of alkyl halides is 3. The summed E-state index contributed by atoms with van der Waals surface area (Å²) in [5.74, 6) is 0. The summed E-state index contributed by atoms with van der Waals surface area (Å²) >= 11 is 5.72. The second-order valence-electron chi connectivity index (χ2n) is 5.40. The average molecular weight is 333 g/mol. The molecule has 0 bridgehead atoms. The van der Waals surface area contributed by atoms with Crippen LogP contribution >= 0.6 is 11.6 Å². The lowest BCUT2D eigenvalue weighted by atomic mass is 9.97. The highest BCUT2D eigenvalue weighted by Gasteiger charge is 2.34. The van der Waals surface area contributed by atoms with Crippen LogP contribution in [-0.4, -0.2) is 31.1 Å². The maximum Gasteiger partial charge on any atom is 0.417 e. The van der Waals surface area contributed by atoms with Crippen LogP contribution in [-0.2, 0) is 6.18 Å². The van der Waals surface area contributed by atoms with Gasteiger partial charge >= 0.3 is 6.18 Å². The van der Waals surface area contributed by atoms with Gasteiger partial charge in [0.05, 0.1) is 10.6 Å². The molecule has 1 fully saturated rings. The van der Waals surface area contributed by atoms with Gasteiger partial charge in [-0.1, -0.05) is 23.7 Å². The summed E-state index contributed by atoms with van der Waals surface area (Å²) in [6, 6.07) is 4.20. The summed E-state index contributed by atoms with van der Waals surface area (Å²) in [7, 11) is 0. The van der Waals surface area contributed by atoms with E-state index in [-0.39, 0.29) is 11.1 Å². The largest absolute Gasteiger partial charge is 0.417 e. The SMILES string of the molecule is C=CCC[C@H](c1ccc(Cl)c(C(F)(F)F)c1)N1CCNCC1. The Morgan fingerprint density at radius 1 is 1.32 bits per heavy atom. The molecule has 1 aliphatic heterocycles. The Kier molecular flexibility index (Phi) is 5.89. The molecule has 122 valence electrons. The van der Waals surface area contributed by atoms with E-state index in [0.29, 0.717) is 5.56 Å². The first-order valence-corrected chi connectivity index (χ1v) is 7.73. The van der Waals surface area contributed by atoms with E-state index in [2.05, 4.69) is 16.8 Å². The molecule has 0 amide bonds. The molecule has 2 nitrogen and oxygen atoms in total. The van der Waals surface area contributed by atoms with E-state index in [9.17, 15) is 13.2 Å². The minimum absolute atomic E-state index is 0.0431.